The fraction of sp³-hybridized carbons (Fsp3) is 0.417. The minimum atomic E-state index is -0.963. The van der Waals surface area contributed by atoms with Crippen LogP contribution in [-0.4, -0.2) is 29.8 Å². The van der Waals surface area contributed by atoms with Gasteiger partial charge in [0.1, 0.15) is 0 Å². The van der Waals surface area contributed by atoms with Crippen molar-refractivity contribution in [1.29, 1.82) is 0 Å². The van der Waals surface area contributed by atoms with Gasteiger partial charge in [-0.1, -0.05) is 17.7 Å². The molecular weight excluding hydrogens is 206 g/mol. The van der Waals surface area contributed by atoms with Gasteiger partial charge in [0.2, 0.25) is 0 Å². The fourth-order valence-electron chi connectivity index (χ4n) is 1.80. The molecule has 1 fully saturated rings. The number of carboxylic acids is 1. The maximum absolute atomic E-state index is 11.3. The molecule has 0 bridgehead atoms. The van der Waals surface area contributed by atoms with Crippen molar-refractivity contribution < 1.29 is 14.6 Å². The van der Waals surface area contributed by atoms with Gasteiger partial charge in [0.25, 0.3) is 0 Å². The van der Waals surface area contributed by atoms with Crippen LogP contribution in [0.15, 0.2) is 24.3 Å². The van der Waals surface area contributed by atoms with Gasteiger partial charge in [0.15, 0.2) is 5.54 Å². The molecule has 2 rings (SSSR count). The Labute approximate surface area is 94.2 Å². The summed E-state index contributed by atoms with van der Waals surface area (Å²) < 4.78 is 5.17. The highest BCUT2D eigenvalue weighted by atomic mass is 16.5. The largest absolute Gasteiger partial charge is 0.479 e. The number of anilines is 1. The molecule has 1 saturated heterocycles. The maximum atomic E-state index is 11.3. The monoisotopic (exact) mass is 221 g/mol. The molecule has 16 heavy (non-hydrogen) atoms. The minimum absolute atomic E-state index is 0.218. The zero-order valence-electron chi connectivity index (χ0n) is 9.19. The molecule has 1 aromatic carbocycles. The molecule has 1 heterocycles. The summed E-state index contributed by atoms with van der Waals surface area (Å²) in [6, 6.07) is 7.68. The lowest BCUT2D eigenvalue weighted by Gasteiger charge is -2.25. The third-order valence-corrected chi connectivity index (χ3v) is 2.87. The second-order valence-electron chi connectivity index (χ2n) is 4.18. The Morgan fingerprint density at radius 3 is 2.62 bits per heavy atom. The smallest absolute Gasteiger partial charge is 0.331 e. The molecular formula is C12H15NO3. The summed E-state index contributed by atoms with van der Waals surface area (Å²) in [7, 11) is 0. The Bertz CT molecular complexity index is 380. The van der Waals surface area contributed by atoms with Crippen LogP contribution in [0, 0.1) is 6.92 Å². The van der Waals surface area contributed by atoms with Crippen LogP contribution in [0.5, 0.6) is 0 Å². The molecule has 1 unspecified atom stereocenters. The first kappa shape index (κ1) is 11.0. The van der Waals surface area contributed by atoms with Crippen molar-refractivity contribution >= 4 is 11.7 Å². The van der Waals surface area contributed by atoms with E-state index in [4.69, 9.17) is 4.74 Å². The molecule has 4 nitrogen and oxygen atoms in total. The molecule has 0 aromatic heterocycles. The standard InChI is InChI=1S/C12H15NO3/c1-9-2-4-10(5-3-9)13-12(11(14)15)6-7-16-8-12/h2-5,13H,6-8H2,1H3,(H,14,15). The molecule has 1 aromatic rings. The number of hydrogen-bond donors (Lipinski definition) is 2. The number of aryl methyl sites for hydroxylation is 1. The van der Waals surface area contributed by atoms with E-state index in [1.807, 2.05) is 31.2 Å². The van der Waals surface area contributed by atoms with Gasteiger partial charge in [-0.15, -0.1) is 0 Å². The predicted octanol–water partition coefficient (Wildman–Crippen LogP) is 1.65. The van der Waals surface area contributed by atoms with E-state index in [9.17, 15) is 9.90 Å². The molecule has 2 N–H and O–H groups in total. The van der Waals surface area contributed by atoms with Crippen LogP contribution in [-0.2, 0) is 9.53 Å². The second kappa shape index (κ2) is 4.14. The van der Waals surface area contributed by atoms with Gasteiger partial charge >= 0.3 is 5.97 Å². The Morgan fingerprint density at radius 2 is 2.12 bits per heavy atom. The maximum Gasteiger partial charge on any atom is 0.331 e. The van der Waals surface area contributed by atoms with E-state index in [1.54, 1.807) is 0 Å². The van der Waals surface area contributed by atoms with Gasteiger partial charge in [0.05, 0.1) is 6.61 Å². The molecule has 0 radical (unpaired) electrons. The van der Waals surface area contributed by atoms with Crippen molar-refractivity contribution in [3.63, 3.8) is 0 Å². The molecule has 4 heteroatoms. The van der Waals surface area contributed by atoms with Crippen molar-refractivity contribution in [3.8, 4) is 0 Å². The van der Waals surface area contributed by atoms with Crippen molar-refractivity contribution in [2.24, 2.45) is 0 Å². The molecule has 1 aliphatic heterocycles. The lowest BCUT2D eigenvalue weighted by atomic mass is 9.98. The summed E-state index contributed by atoms with van der Waals surface area (Å²) >= 11 is 0. The van der Waals surface area contributed by atoms with Crippen LogP contribution in [0.1, 0.15) is 12.0 Å². The van der Waals surface area contributed by atoms with Gasteiger partial charge < -0.3 is 15.2 Å². The average molecular weight is 221 g/mol. The average Bonchev–Trinajstić information content (AvgIpc) is 2.71. The van der Waals surface area contributed by atoms with E-state index in [0.717, 1.165) is 11.3 Å². The van der Waals surface area contributed by atoms with Gasteiger partial charge in [-0.3, -0.25) is 0 Å². The summed E-state index contributed by atoms with van der Waals surface area (Å²) in [5, 5.41) is 12.3. The number of ether oxygens (including phenoxy) is 1. The highest BCUT2D eigenvalue weighted by Gasteiger charge is 2.42. The van der Waals surface area contributed by atoms with Gasteiger partial charge in [0, 0.05) is 18.7 Å². The van der Waals surface area contributed by atoms with Gasteiger partial charge in [-0.2, -0.15) is 0 Å². The summed E-state index contributed by atoms with van der Waals surface area (Å²) in [6.45, 7) is 2.71. The lowest BCUT2D eigenvalue weighted by Crippen LogP contribution is -2.47. The van der Waals surface area contributed by atoms with Crippen LogP contribution >= 0.6 is 0 Å². The van der Waals surface area contributed by atoms with Crippen LogP contribution in [0.25, 0.3) is 0 Å². The minimum Gasteiger partial charge on any atom is -0.479 e. The summed E-state index contributed by atoms with van der Waals surface area (Å²) in [5.74, 6) is -0.856. The van der Waals surface area contributed by atoms with Crippen molar-refractivity contribution in [1.82, 2.24) is 0 Å². The first-order valence-electron chi connectivity index (χ1n) is 5.28. The van der Waals surface area contributed by atoms with Crippen molar-refractivity contribution in [3.05, 3.63) is 29.8 Å². The summed E-state index contributed by atoms with van der Waals surface area (Å²) in [4.78, 5) is 11.3. The Balaban J connectivity index is 2.18. The molecule has 1 aliphatic rings. The number of carboxylic acid groups (broad SMARTS) is 1. The number of aliphatic carboxylic acids is 1. The Kier molecular flexibility index (Phi) is 2.83. The first-order chi connectivity index (χ1) is 7.62. The zero-order chi connectivity index (χ0) is 11.6. The van der Waals surface area contributed by atoms with E-state index in [1.165, 1.54) is 0 Å². The van der Waals surface area contributed by atoms with Crippen LogP contribution < -0.4 is 5.32 Å². The fourth-order valence-corrected chi connectivity index (χ4v) is 1.80. The lowest BCUT2D eigenvalue weighted by molar-refractivity contribution is -0.142. The van der Waals surface area contributed by atoms with E-state index in [0.29, 0.717) is 13.0 Å². The molecule has 86 valence electrons. The van der Waals surface area contributed by atoms with E-state index < -0.39 is 11.5 Å². The van der Waals surface area contributed by atoms with Crippen LogP contribution in [0.4, 0.5) is 5.69 Å². The Hall–Kier alpha value is -1.55. The summed E-state index contributed by atoms with van der Waals surface area (Å²) in [5.41, 5.74) is 1.01. The van der Waals surface area contributed by atoms with Gasteiger partial charge in [-0.25, -0.2) is 4.79 Å². The molecule has 0 spiro atoms. The third-order valence-electron chi connectivity index (χ3n) is 2.87. The number of benzene rings is 1. The molecule has 1 atom stereocenters. The Morgan fingerprint density at radius 1 is 1.44 bits per heavy atom. The summed E-state index contributed by atoms with van der Waals surface area (Å²) in [6.07, 6.45) is 0.496. The highest BCUT2D eigenvalue weighted by molar-refractivity contribution is 5.83. The third kappa shape index (κ3) is 2.02. The topological polar surface area (TPSA) is 58.6 Å². The van der Waals surface area contributed by atoms with Crippen LogP contribution in [0.3, 0.4) is 0 Å². The van der Waals surface area contributed by atoms with E-state index >= 15 is 0 Å². The van der Waals surface area contributed by atoms with Crippen molar-refractivity contribution in [2.75, 3.05) is 18.5 Å². The molecule has 0 saturated carbocycles. The quantitative estimate of drug-likeness (QED) is 0.814. The normalized spacial score (nSPS) is 24.3. The van der Waals surface area contributed by atoms with E-state index in [-0.39, 0.29) is 6.61 Å². The van der Waals surface area contributed by atoms with Gasteiger partial charge in [-0.05, 0) is 19.1 Å². The number of nitrogens with one attached hydrogen (secondary N) is 1. The highest BCUT2D eigenvalue weighted by Crippen LogP contribution is 2.24. The number of rotatable bonds is 3. The zero-order valence-corrected chi connectivity index (χ0v) is 9.19. The van der Waals surface area contributed by atoms with Crippen molar-refractivity contribution in [2.45, 2.75) is 18.9 Å². The number of hydrogen-bond acceptors (Lipinski definition) is 3. The van der Waals surface area contributed by atoms with E-state index in [2.05, 4.69) is 5.32 Å². The first-order valence-corrected chi connectivity index (χ1v) is 5.28. The SMILES string of the molecule is Cc1ccc(NC2(C(=O)O)CCOC2)cc1. The number of carbonyl (C=O) groups is 1. The predicted molar refractivity (Wildman–Crippen MR) is 60.6 cm³/mol. The van der Waals surface area contributed by atoms with Crippen LogP contribution in [0.2, 0.25) is 0 Å². The molecule has 0 amide bonds. The second-order valence-corrected chi connectivity index (χ2v) is 4.18. The molecule has 0 aliphatic carbocycles.